The number of carboxylic acids is 1. The molecule has 2 aliphatic heterocycles. The summed E-state index contributed by atoms with van der Waals surface area (Å²) in [5.41, 5.74) is 22.8. The molecule has 5 amide bonds. The number of nitrogens with one attached hydrogen (secondary N) is 3. The first-order valence-electron chi connectivity index (χ1n) is 15.7. The van der Waals surface area contributed by atoms with E-state index in [-0.39, 0.29) is 49.7 Å². The molecule has 0 radical (unpaired) electrons. The normalized spacial score (nSPS) is 21.4. The van der Waals surface area contributed by atoms with Crippen molar-refractivity contribution in [1.82, 2.24) is 25.8 Å². The highest BCUT2D eigenvalue weighted by Crippen LogP contribution is 2.25. The minimum atomic E-state index is -1.55. The molecule has 0 aromatic rings. The van der Waals surface area contributed by atoms with E-state index in [9.17, 15) is 28.8 Å². The Morgan fingerprint density at radius 1 is 1.02 bits per heavy atom. The highest BCUT2D eigenvalue weighted by molar-refractivity contribution is 6.00. The lowest BCUT2D eigenvalue weighted by Crippen LogP contribution is -2.63. The molecule has 0 bridgehead atoms. The van der Waals surface area contributed by atoms with Gasteiger partial charge in [0.2, 0.25) is 23.6 Å². The van der Waals surface area contributed by atoms with Crippen molar-refractivity contribution in [2.24, 2.45) is 39.8 Å². The van der Waals surface area contributed by atoms with Crippen LogP contribution in [0.5, 0.6) is 0 Å². The van der Waals surface area contributed by atoms with E-state index in [1.807, 2.05) is 0 Å². The second-order valence-corrected chi connectivity index (χ2v) is 12.0. The van der Waals surface area contributed by atoms with Gasteiger partial charge in [-0.15, -0.1) is 0 Å². The number of nitrogens with zero attached hydrogens (tertiary/aromatic N) is 3. The van der Waals surface area contributed by atoms with Gasteiger partial charge in [0, 0.05) is 32.2 Å². The van der Waals surface area contributed by atoms with Crippen LogP contribution in [0.2, 0.25) is 0 Å². The van der Waals surface area contributed by atoms with Crippen LogP contribution in [-0.2, 0) is 28.8 Å². The van der Waals surface area contributed by atoms with Crippen molar-refractivity contribution >= 4 is 41.5 Å². The SMILES string of the molecule is CC=C(NC(=O)C1CCN(C(=O)C2CCCCN2C(=O)C(NC(=O)C(N)C(C)CCN=C(N)N)C(C)N)C1)C(=O)NC(CO)C(=O)O. The lowest BCUT2D eigenvalue weighted by Gasteiger charge is -2.39. The van der Waals surface area contributed by atoms with E-state index in [0.29, 0.717) is 32.1 Å². The van der Waals surface area contributed by atoms with Crippen LogP contribution in [0.3, 0.4) is 0 Å². The molecule has 18 heteroatoms. The topological polar surface area (TPSA) is 302 Å². The zero-order valence-electron chi connectivity index (χ0n) is 27.2. The van der Waals surface area contributed by atoms with Crippen molar-refractivity contribution < 1.29 is 39.0 Å². The number of likely N-dealkylation sites (tertiary alicyclic amines) is 2. The van der Waals surface area contributed by atoms with Crippen LogP contribution in [0.1, 0.15) is 52.9 Å². The summed E-state index contributed by atoms with van der Waals surface area (Å²) in [6.07, 6.45) is 3.74. The molecular formula is C29H50N10O8. The number of carbonyl (C=O) groups is 6. The Balaban J connectivity index is 2.07. The van der Waals surface area contributed by atoms with Crippen molar-refractivity contribution in [3.8, 4) is 0 Å². The van der Waals surface area contributed by atoms with E-state index in [2.05, 4.69) is 20.9 Å². The fourth-order valence-electron chi connectivity index (χ4n) is 5.44. The first-order chi connectivity index (χ1) is 22.1. The number of carbonyl (C=O) groups excluding carboxylic acids is 5. The second kappa shape index (κ2) is 18.2. The molecule has 7 atom stereocenters. The number of aliphatic carboxylic acids is 1. The van der Waals surface area contributed by atoms with Gasteiger partial charge < -0.3 is 58.9 Å². The van der Waals surface area contributed by atoms with Gasteiger partial charge in [0.25, 0.3) is 5.91 Å². The molecule has 18 nitrogen and oxygen atoms in total. The van der Waals surface area contributed by atoms with Crippen LogP contribution in [0.25, 0.3) is 0 Å². The highest BCUT2D eigenvalue weighted by atomic mass is 16.4. The number of carboxylic acid groups (broad SMARTS) is 1. The van der Waals surface area contributed by atoms with Crippen LogP contribution in [0, 0.1) is 11.8 Å². The monoisotopic (exact) mass is 666 g/mol. The fourth-order valence-corrected chi connectivity index (χ4v) is 5.44. The van der Waals surface area contributed by atoms with Gasteiger partial charge in [-0.05, 0) is 51.9 Å². The highest BCUT2D eigenvalue weighted by Gasteiger charge is 2.42. The number of aliphatic hydroxyl groups excluding tert-OH is 1. The molecule has 47 heavy (non-hydrogen) atoms. The molecular weight excluding hydrogens is 616 g/mol. The largest absolute Gasteiger partial charge is 0.480 e. The number of piperidine rings is 1. The summed E-state index contributed by atoms with van der Waals surface area (Å²) in [5, 5.41) is 25.5. The van der Waals surface area contributed by atoms with E-state index in [0.717, 1.165) is 0 Å². The van der Waals surface area contributed by atoms with Gasteiger partial charge in [0.1, 0.15) is 17.8 Å². The number of allylic oxidation sites excluding steroid dienone is 1. The zero-order valence-corrected chi connectivity index (χ0v) is 27.2. The molecule has 0 aromatic heterocycles. The average molecular weight is 667 g/mol. The molecule has 7 unspecified atom stereocenters. The van der Waals surface area contributed by atoms with Crippen molar-refractivity contribution in [1.29, 1.82) is 0 Å². The lowest BCUT2D eigenvalue weighted by atomic mass is 9.96. The van der Waals surface area contributed by atoms with E-state index in [1.54, 1.807) is 13.8 Å². The van der Waals surface area contributed by atoms with E-state index in [1.165, 1.54) is 22.8 Å². The maximum atomic E-state index is 13.8. The summed E-state index contributed by atoms with van der Waals surface area (Å²) in [6.45, 7) is 4.81. The molecule has 2 fully saturated rings. The maximum Gasteiger partial charge on any atom is 0.328 e. The third-order valence-corrected chi connectivity index (χ3v) is 8.40. The van der Waals surface area contributed by atoms with E-state index >= 15 is 0 Å². The van der Waals surface area contributed by atoms with Gasteiger partial charge in [-0.3, -0.25) is 29.0 Å². The van der Waals surface area contributed by atoms with E-state index < -0.39 is 72.3 Å². The third-order valence-electron chi connectivity index (χ3n) is 8.40. The smallest absolute Gasteiger partial charge is 0.328 e. The number of hydrogen-bond acceptors (Lipinski definition) is 10. The van der Waals surface area contributed by atoms with Gasteiger partial charge in [-0.25, -0.2) is 4.79 Å². The molecule has 0 aliphatic carbocycles. The Bertz CT molecular complexity index is 1220. The van der Waals surface area contributed by atoms with Crippen LogP contribution >= 0.6 is 0 Å². The molecule has 2 rings (SSSR count). The molecule has 264 valence electrons. The van der Waals surface area contributed by atoms with Gasteiger partial charge in [-0.2, -0.15) is 0 Å². The predicted octanol–water partition coefficient (Wildman–Crippen LogP) is -3.74. The molecule has 0 spiro atoms. The van der Waals surface area contributed by atoms with Crippen molar-refractivity contribution in [3.05, 3.63) is 11.8 Å². The molecule has 2 heterocycles. The zero-order chi connectivity index (χ0) is 35.4. The molecule has 2 saturated heterocycles. The van der Waals surface area contributed by atoms with Crippen LogP contribution < -0.4 is 38.9 Å². The Morgan fingerprint density at radius 2 is 1.70 bits per heavy atom. The molecule has 13 N–H and O–H groups in total. The Hall–Kier alpha value is -4.29. The van der Waals surface area contributed by atoms with Gasteiger partial charge in [0.05, 0.1) is 18.6 Å². The standard InChI is InChI=1S/C29H50N10O8/c1-4-18(24(42)36-19(14-40)28(46)47)35-23(41)17-9-12-38(13-17)26(44)20-7-5-6-11-39(20)27(45)22(16(3)30)37-25(43)21(31)15(2)8-10-34-29(32)33/h4,15-17,19-22,40H,5-14,30-31H2,1-3H3,(H,35,41)(H,36,42)(H,37,43)(H,46,47)(H4,32,33,34). The quantitative estimate of drug-likeness (QED) is 0.0463. The number of nitrogens with two attached hydrogens (primary N) is 4. The number of aliphatic imine (C=N–C) groups is 1. The minimum Gasteiger partial charge on any atom is -0.480 e. The lowest BCUT2D eigenvalue weighted by molar-refractivity contribution is -0.149. The van der Waals surface area contributed by atoms with Gasteiger partial charge >= 0.3 is 5.97 Å². The van der Waals surface area contributed by atoms with Crippen molar-refractivity contribution in [2.75, 3.05) is 32.8 Å². The maximum absolute atomic E-state index is 13.8. The molecule has 0 aromatic carbocycles. The van der Waals surface area contributed by atoms with E-state index in [4.69, 9.17) is 33.1 Å². The molecule has 2 aliphatic rings. The summed E-state index contributed by atoms with van der Waals surface area (Å²) in [7, 11) is 0. The summed E-state index contributed by atoms with van der Waals surface area (Å²) >= 11 is 0. The Morgan fingerprint density at radius 3 is 2.28 bits per heavy atom. The predicted molar refractivity (Wildman–Crippen MR) is 171 cm³/mol. The van der Waals surface area contributed by atoms with Crippen molar-refractivity contribution in [2.45, 2.75) is 83.1 Å². The Labute approximate surface area is 273 Å². The third kappa shape index (κ3) is 10.9. The summed E-state index contributed by atoms with van der Waals surface area (Å²) in [4.78, 5) is 84.0. The Kier molecular flexibility index (Phi) is 15.0. The summed E-state index contributed by atoms with van der Waals surface area (Å²) in [6, 6.07) is -5.28. The number of rotatable bonds is 15. The minimum absolute atomic E-state index is 0.0379. The number of aliphatic hydroxyl groups is 1. The molecule has 0 saturated carbocycles. The van der Waals surface area contributed by atoms with Crippen molar-refractivity contribution in [3.63, 3.8) is 0 Å². The fraction of sp³-hybridized carbons (Fsp3) is 0.690. The van der Waals surface area contributed by atoms with Crippen LogP contribution in [-0.4, -0.2) is 124 Å². The summed E-state index contributed by atoms with van der Waals surface area (Å²) in [5.74, 6) is -5.35. The summed E-state index contributed by atoms with van der Waals surface area (Å²) < 4.78 is 0. The van der Waals surface area contributed by atoms with Gasteiger partial charge in [0.15, 0.2) is 12.0 Å². The van der Waals surface area contributed by atoms with Gasteiger partial charge in [-0.1, -0.05) is 13.0 Å². The van der Waals surface area contributed by atoms with Crippen LogP contribution in [0.15, 0.2) is 16.8 Å². The number of amides is 5. The average Bonchev–Trinajstić information content (AvgIpc) is 3.53. The second-order valence-electron chi connectivity index (χ2n) is 12.0. The first-order valence-corrected chi connectivity index (χ1v) is 15.7. The first kappa shape index (κ1) is 38.9. The van der Waals surface area contributed by atoms with Crippen LogP contribution in [0.4, 0.5) is 0 Å². The number of hydrogen-bond donors (Lipinski definition) is 9. The number of guanidine groups is 1.